The van der Waals surface area contributed by atoms with Crippen molar-refractivity contribution in [1.29, 1.82) is 5.26 Å². The van der Waals surface area contributed by atoms with E-state index in [2.05, 4.69) is 24.8 Å². The normalized spacial score (nSPS) is 18.4. The quantitative estimate of drug-likeness (QED) is 0.732. The Balaban J connectivity index is 2.39. The summed E-state index contributed by atoms with van der Waals surface area (Å²) in [4.78, 5) is 2.35. The Hall–Kier alpha value is -1.69. The van der Waals surface area contributed by atoms with E-state index in [-0.39, 0.29) is 5.54 Å². The highest BCUT2D eigenvalue weighted by Crippen LogP contribution is 2.34. The highest BCUT2D eigenvalue weighted by molar-refractivity contribution is 5.63. The van der Waals surface area contributed by atoms with Crippen molar-refractivity contribution in [2.75, 3.05) is 17.2 Å². The van der Waals surface area contributed by atoms with Gasteiger partial charge in [-0.3, -0.25) is 0 Å². The van der Waals surface area contributed by atoms with Crippen molar-refractivity contribution >= 4 is 11.4 Å². The van der Waals surface area contributed by atoms with Gasteiger partial charge in [0.2, 0.25) is 0 Å². The van der Waals surface area contributed by atoms with Crippen LogP contribution in [0.4, 0.5) is 11.4 Å². The fourth-order valence-electron chi connectivity index (χ4n) is 2.39. The predicted molar refractivity (Wildman–Crippen MR) is 66.2 cm³/mol. The van der Waals surface area contributed by atoms with Crippen molar-refractivity contribution in [2.45, 2.75) is 32.2 Å². The number of nitriles is 1. The first-order chi connectivity index (χ1) is 7.54. The molecule has 0 radical (unpaired) electrons. The fourth-order valence-corrected chi connectivity index (χ4v) is 2.39. The molecule has 84 valence electrons. The van der Waals surface area contributed by atoms with Crippen LogP contribution in [0.25, 0.3) is 0 Å². The second kappa shape index (κ2) is 3.71. The summed E-state index contributed by atoms with van der Waals surface area (Å²) >= 11 is 0. The van der Waals surface area contributed by atoms with E-state index in [0.29, 0.717) is 11.3 Å². The lowest BCUT2D eigenvalue weighted by molar-refractivity contribution is 0.518. The van der Waals surface area contributed by atoms with Crippen molar-refractivity contribution in [1.82, 2.24) is 0 Å². The zero-order valence-corrected chi connectivity index (χ0v) is 9.83. The topological polar surface area (TPSA) is 53.0 Å². The molecule has 0 unspecified atom stereocenters. The Bertz CT molecular complexity index is 443. The molecule has 3 nitrogen and oxygen atoms in total. The lowest BCUT2D eigenvalue weighted by Crippen LogP contribution is -2.38. The third-order valence-electron chi connectivity index (χ3n) is 3.37. The van der Waals surface area contributed by atoms with Crippen molar-refractivity contribution in [3.8, 4) is 6.07 Å². The first-order valence-electron chi connectivity index (χ1n) is 5.62. The molecule has 1 aliphatic heterocycles. The van der Waals surface area contributed by atoms with Gasteiger partial charge in [0.25, 0.3) is 0 Å². The Morgan fingerprint density at radius 2 is 2.19 bits per heavy atom. The SMILES string of the molecule is CC1(C)CCCN1c1ccc(N)c(C#N)c1. The molecule has 1 fully saturated rings. The maximum absolute atomic E-state index is 8.97. The molecule has 0 aliphatic carbocycles. The molecule has 1 aromatic rings. The van der Waals surface area contributed by atoms with Gasteiger partial charge in [-0.15, -0.1) is 0 Å². The van der Waals surface area contributed by atoms with Gasteiger partial charge in [-0.05, 0) is 44.9 Å². The lowest BCUT2D eigenvalue weighted by Gasteiger charge is -2.33. The van der Waals surface area contributed by atoms with Crippen molar-refractivity contribution in [3.05, 3.63) is 23.8 Å². The Morgan fingerprint density at radius 3 is 2.75 bits per heavy atom. The Labute approximate surface area is 96.5 Å². The van der Waals surface area contributed by atoms with Crippen LogP contribution < -0.4 is 10.6 Å². The van der Waals surface area contributed by atoms with Crippen LogP contribution in [-0.4, -0.2) is 12.1 Å². The van der Waals surface area contributed by atoms with Gasteiger partial charge in [0.05, 0.1) is 5.56 Å². The molecule has 0 bridgehead atoms. The number of nitrogens with two attached hydrogens (primary N) is 1. The number of hydrogen-bond donors (Lipinski definition) is 1. The molecular weight excluding hydrogens is 198 g/mol. The average Bonchev–Trinajstić information content (AvgIpc) is 2.59. The molecule has 0 amide bonds. The number of rotatable bonds is 1. The van der Waals surface area contributed by atoms with Crippen LogP contribution in [-0.2, 0) is 0 Å². The largest absolute Gasteiger partial charge is 0.398 e. The summed E-state index contributed by atoms with van der Waals surface area (Å²) in [6.07, 6.45) is 2.40. The maximum Gasteiger partial charge on any atom is 0.101 e. The molecular formula is C13H17N3. The van der Waals surface area contributed by atoms with Gasteiger partial charge >= 0.3 is 0 Å². The number of benzene rings is 1. The molecule has 2 N–H and O–H groups in total. The first-order valence-corrected chi connectivity index (χ1v) is 5.62. The van der Waals surface area contributed by atoms with Gasteiger partial charge in [0.1, 0.15) is 6.07 Å². The van der Waals surface area contributed by atoms with E-state index in [1.165, 1.54) is 12.8 Å². The highest BCUT2D eigenvalue weighted by atomic mass is 15.2. The van der Waals surface area contributed by atoms with E-state index < -0.39 is 0 Å². The van der Waals surface area contributed by atoms with Crippen LogP contribution in [0.1, 0.15) is 32.3 Å². The molecule has 1 heterocycles. The van der Waals surface area contributed by atoms with Crippen LogP contribution in [0.2, 0.25) is 0 Å². The summed E-state index contributed by atoms with van der Waals surface area (Å²) in [5.41, 5.74) is 8.14. The van der Waals surface area contributed by atoms with E-state index in [1.807, 2.05) is 18.2 Å². The molecule has 16 heavy (non-hydrogen) atoms. The minimum Gasteiger partial charge on any atom is -0.398 e. The summed E-state index contributed by atoms with van der Waals surface area (Å²) in [7, 11) is 0. The van der Waals surface area contributed by atoms with E-state index in [9.17, 15) is 0 Å². The van der Waals surface area contributed by atoms with Crippen LogP contribution in [0.15, 0.2) is 18.2 Å². The van der Waals surface area contributed by atoms with Crippen LogP contribution in [0.3, 0.4) is 0 Å². The number of nitrogens with zero attached hydrogens (tertiary/aromatic N) is 2. The van der Waals surface area contributed by atoms with Crippen molar-refractivity contribution in [3.63, 3.8) is 0 Å². The van der Waals surface area contributed by atoms with Crippen LogP contribution in [0.5, 0.6) is 0 Å². The molecule has 0 aromatic heterocycles. The van der Waals surface area contributed by atoms with Gasteiger partial charge in [-0.25, -0.2) is 0 Å². The Kier molecular flexibility index (Phi) is 2.51. The standard InChI is InChI=1S/C13H17N3/c1-13(2)6-3-7-16(13)11-4-5-12(15)10(8-11)9-14/h4-5,8H,3,6-7,15H2,1-2H3. The summed E-state index contributed by atoms with van der Waals surface area (Å²) in [5.74, 6) is 0. The molecule has 1 aliphatic rings. The zero-order valence-electron chi connectivity index (χ0n) is 9.83. The highest BCUT2D eigenvalue weighted by Gasteiger charge is 2.32. The fraction of sp³-hybridized carbons (Fsp3) is 0.462. The molecule has 1 saturated heterocycles. The van der Waals surface area contributed by atoms with E-state index >= 15 is 0 Å². The van der Waals surface area contributed by atoms with Gasteiger partial charge in [0, 0.05) is 23.5 Å². The van der Waals surface area contributed by atoms with Gasteiger partial charge in [-0.1, -0.05) is 0 Å². The third-order valence-corrected chi connectivity index (χ3v) is 3.37. The molecule has 3 heteroatoms. The maximum atomic E-state index is 8.97. The van der Waals surface area contributed by atoms with Gasteiger partial charge in [-0.2, -0.15) is 5.26 Å². The molecule has 0 atom stereocenters. The second-order valence-corrected chi connectivity index (χ2v) is 4.95. The predicted octanol–water partition coefficient (Wildman–Crippen LogP) is 2.52. The molecule has 2 rings (SSSR count). The number of anilines is 2. The minimum absolute atomic E-state index is 0.183. The molecule has 0 saturated carbocycles. The third kappa shape index (κ3) is 1.71. The summed E-state index contributed by atoms with van der Waals surface area (Å²) in [6, 6.07) is 7.85. The smallest absolute Gasteiger partial charge is 0.101 e. The summed E-state index contributed by atoms with van der Waals surface area (Å²) in [6.45, 7) is 5.53. The van der Waals surface area contributed by atoms with Gasteiger partial charge in [0.15, 0.2) is 0 Å². The van der Waals surface area contributed by atoms with E-state index in [1.54, 1.807) is 0 Å². The summed E-state index contributed by atoms with van der Waals surface area (Å²) in [5, 5.41) is 8.97. The summed E-state index contributed by atoms with van der Waals surface area (Å²) < 4.78 is 0. The molecule has 0 spiro atoms. The van der Waals surface area contributed by atoms with Crippen molar-refractivity contribution in [2.24, 2.45) is 0 Å². The number of nitrogen functional groups attached to an aromatic ring is 1. The average molecular weight is 215 g/mol. The Morgan fingerprint density at radius 1 is 1.44 bits per heavy atom. The second-order valence-electron chi connectivity index (χ2n) is 4.95. The van der Waals surface area contributed by atoms with E-state index in [4.69, 9.17) is 11.0 Å². The first kappa shape index (κ1) is 10.8. The monoisotopic (exact) mass is 215 g/mol. The number of hydrogen-bond acceptors (Lipinski definition) is 3. The van der Waals surface area contributed by atoms with Crippen LogP contribution >= 0.6 is 0 Å². The minimum atomic E-state index is 0.183. The zero-order chi connectivity index (χ0) is 11.8. The van der Waals surface area contributed by atoms with Crippen LogP contribution in [0, 0.1) is 11.3 Å². The van der Waals surface area contributed by atoms with Gasteiger partial charge < -0.3 is 10.6 Å². The molecule has 1 aromatic carbocycles. The lowest BCUT2D eigenvalue weighted by atomic mass is 10.0. The van der Waals surface area contributed by atoms with Crippen molar-refractivity contribution < 1.29 is 0 Å². The van der Waals surface area contributed by atoms with E-state index in [0.717, 1.165) is 12.2 Å².